The first-order valence-electron chi connectivity index (χ1n) is 9.89. The third-order valence-corrected chi connectivity index (χ3v) is 4.97. The van der Waals surface area contributed by atoms with Crippen LogP contribution in [0.4, 0.5) is 5.69 Å². The second-order valence-corrected chi connectivity index (χ2v) is 6.94. The molecule has 2 amide bonds. The molecule has 0 bridgehead atoms. The zero-order valence-corrected chi connectivity index (χ0v) is 17.4. The molecule has 1 aliphatic rings. The number of hydrogen-bond acceptors (Lipinski definition) is 6. The predicted molar refractivity (Wildman–Crippen MR) is 113 cm³/mol. The Morgan fingerprint density at radius 1 is 1.17 bits per heavy atom. The molecule has 30 heavy (non-hydrogen) atoms. The number of methoxy groups -OCH3 is 2. The number of amides is 2. The fourth-order valence-corrected chi connectivity index (χ4v) is 3.43. The summed E-state index contributed by atoms with van der Waals surface area (Å²) in [6.07, 6.45) is 11.3. The number of benzene rings is 1. The van der Waals surface area contributed by atoms with Gasteiger partial charge in [0.2, 0.25) is 0 Å². The molecule has 1 N–H and O–H groups in total. The van der Waals surface area contributed by atoms with E-state index in [1.54, 1.807) is 12.1 Å². The van der Waals surface area contributed by atoms with Crippen molar-refractivity contribution in [2.45, 2.75) is 32.2 Å². The Labute approximate surface area is 175 Å². The maximum Gasteiger partial charge on any atom is 0.258 e. The molecule has 8 nitrogen and oxygen atoms in total. The maximum absolute atomic E-state index is 13.3. The molecule has 2 heterocycles. The van der Waals surface area contributed by atoms with E-state index in [1.807, 2.05) is 11.0 Å². The molecule has 8 heteroatoms. The predicted octanol–water partition coefficient (Wildman–Crippen LogP) is 3.32. The fourth-order valence-electron chi connectivity index (χ4n) is 3.43. The topological polar surface area (TPSA) is 93.7 Å². The largest absolute Gasteiger partial charge is 0.493 e. The van der Waals surface area contributed by atoms with Crippen molar-refractivity contribution in [3.05, 3.63) is 54.1 Å². The number of ether oxygens (including phenoxy) is 2. The van der Waals surface area contributed by atoms with Crippen molar-refractivity contribution >= 4 is 17.5 Å². The van der Waals surface area contributed by atoms with Gasteiger partial charge in [-0.1, -0.05) is 31.9 Å². The monoisotopic (exact) mass is 410 g/mol. The quantitative estimate of drug-likeness (QED) is 0.671. The number of unbranched alkanes of at least 4 members (excludes halogenated alkanes) is 1. The van der Waals surface area contributed by atoms with Gasteiger partial charge in [-0.25, -0.2) is 9.97 Å². The molecule has 1 aromatic heterocycles. The summed E-state index contributed by atoms with van der Waals surface area (Å²) in [5.74, 6) is 0.159. The van der Waals surface area contributed by atoms with Crippen LogP contribution in [0.2, 0.25) is 0 Å². The lowest BCUT2D eigenvalue weighted by atomic mass is 10.1. The molecule has 1 atom stereocenters. The fraction of sp³-hybridized carbons (Fsp3) is 0.364. The van der Waals surface area contributed by atoms with Crippen LogP contribution in [0.1, 0.15) is 46.9 Å². The van der Waals surface area contributed by atoms with Crippen molar-refractivity contribution in [3.8, 4) is 11.5 Å². The summed E-state index contributed by atoms with van der Waals surface area (Å²) >= 11 is 0. The molecule has 3 rings (SSSR count). The molecule has 1 aliphatic heterocycles. The van der Waals surface area contributed by atoms with E-state index < -0.39 is 5.91 Å². The van der Waals surface area contributed by atoms with E-state index in [0.29, 0.717) is 34.9 Å². The van der Waals surface area contributed by atoms with E-state index in [-0.39, 0.29) is 11.9 Å². The lowest BCUT2D eigenvalue weighted by molar-refractivity contribution is 0.0742. The van der Waals surface area contributed by atoms with Gasteiger partial charge in [-0.05, 0) is 18.6 Å². The number of carbonyl (C=O) groups excluding carboxylic acids is 2. The first kappa shape index (κ1) is 21.3. The van der Waals surface area contributed by atoms with Gasteiger partial charge in [0.25, 0.3) is 11.8 Å². The average molecular weight is 410 g/mol. The zero-order valence-electron chi connectivity index (χ0n) is 17.4. The van der Waals surface area contributed by atoms with Crippen molar-refractivity contribution in [2.24, 2.45) is 0 Å². The van der Waals surface area contributed by atoms with Crippen LogP contribution in [-0.2, 0) is 0 Å². The number of aromatic nitrogens is 2. The normalized spacial score (nSPS) is 15.2. The molecule has 0 radical (unpaired) electrons. The second-order valence-electron chi connectivity index (χ2n) is 6.94. The summed E-state index contributed by atoms with van der Waals surface area (Å²) < 4.78 is 10.9. The minimum absolute atomic E-state index is 0.0741. The molecular formula is C22H26N4O4. The standard InChI is InChI=1S/C22H26N4O4/c1-4-5-7-17-8-6-9-26(17)22(28)15-10-18(20(30-3)19(11-15)29-2)25-21(27)16-12-23-14-24-13-16/h6,8,10-14,17H,4-5,7,9H2,1-3H3,(H,25,27). The van der Waals surface area contributed by atoms with Gasteiger partial charge in [-0.15, -0.1) is 0 Å². The summed E-state index contributed by atoms with van der Waals surface area (Å²) in [5, 5.41) is 2.77. The van der Waals surface area contributed by atoms with Crippen molar-refractivity contribution in [2.75, 3.05) is 26.1 Å². The van der Waals surface area contributed by atoms with E-state index in [0.717, 1.165) is 19.3 Å². The number of rotatable bonds is 8. The Balaban J connectivity index is 1.91. The summed E-state index contributed by atoms with van der Waals surface area (Å²) in [4.78, 5) is 35.4. The van der Waals surface area contributed by atoms with Crippen molar-refractivity contribution < 1.29 is 19.1 Å². The minimum atomic E-state index is -0.413. The summed E-state index contributed by atoms with van der Waals surface area (Å²) in [5.41, 5.74) is 1.04. The van der Waals surface area contributed by atoms with Crippen molar-refractivity contribution in [1.29, 1.82) is 0 Å². The number of anilines is 1. The molecule has 0 aliphatic carbocycles. The van der Waals surface area contributed by atoms with Gasteiger partial charge in [0, 0.05) is 24.5 Å². The highest BCUT2D eigenvalue weighted by molar-refractivity contribution is 6.06. The number of hydrogen-bond donors (Lipinski definition) is 1. The van der Waals surface area contributed by atoms with Gasteiger partial charge in [-0.3, -0.25) is 9.59 Å². The van der Waals surface area contributed by atoms with Crippen molar-refractivity contribution in [1.82, 2.24) is 14.9 Å². The Bertz CT molecular complexity index is 930. The van der Waals surface area contributed by atoms with Gasteiger partial charge in [-0.2, -0.15) is 0 Å². The van der Waals surface area contributed by atoms with Crippen LogP contribution in [0, 0.1) is 0 Å². The van der Waals surface area contributed by atoms with Crippen LogP contribution in [0.5, 0.6) is 11.5 Å². The van der Waals surface area contributed by atoms with Crippen LogP contribution in [-0.4, -0.2) is 53.5 Å². The molecule has 2 aromatic rings. The Morgan fingerprint density at radius 2 is 1.93 bits per heavy atom. The summed E-state index contributed by atoms with van der Waals surface area (Å²) in [6, 6.07) is 3.32. The number of carbonyl (C=O) groups is 2. The Kier molecular flexibility index (Phi) is 7.00. The highest BCUT2D eigenvalue weighted by Crippen LogP contribution is 2.37. The van der Waals surface area contributed by atoms with E-state index in [9.17, 15) is 9.59 Å². The highest BCUT2D eigenvalue weighted by atomic mass is 16.5. The first-order valence-corrected chi connectivity index (χ1v) is 9.89. The van der Waals surface area contributed by atoms with Crippen LogP contribution in [0.25, 0.3) is 0 Å². The molecule has 0 saturated heterocycles. The van der Waals surface area contributed by atoms with Crippen LogP contribution >= 0.6 is 0 Å². The maximum atomic E-state index is 13.3. The SMILES string of the molecule is CCCCC1C=CCN1C(=O)c1cc(NC(=O)c2cncnc2)c(OC)c(OC)c1. The molecule has 158 valence electrons. The molecule has 0 spiro atoms. The number of nitrogens with one attached hydrogen (secondary N) is 1. The van der Waals surface area contributed by atoms with E-state index in [1.165, 1.54) is 32.9 Å². The van der Waals surface area contributed by atoms with E-state index >= 15 is 0 Å². The van der Waals surface area contributed by atoms with Gasteiger partial charge in [0.15, 0.2) is 11.5 Å². The Hall–Kier alpha value is -3.42. The van der Waals surface area contributed by atoms with Crippen LogP contribution < -0.4 is 14.8 Å². The molecular weight excluding hydrogens is 384 g/mol. The minimum Gasteiger partial charge on any atom is -0.493 e. The van der Waals surface area contributed by atoms with E-state index in [4.69, 9.17) is 9.47 Å². The highest BCUT2D eigenvalue weighted by Gasteiger charge is 2.27. The lowest BCUT2D eigenvalue weighted by Crippen LogP contribution is -2.36. The summed E-state index contributed by atoms with van der Waals surface area (Å²) in [6.45, 7) is 2.69. The zero-order chi connectivity index (χ0) is 21.5. The van der Waals surface area contributed by atoms with Gasteiger partial charge >= 0.3 is 0 Å². The Morgan fingerprint density at radius 3 is 2.60 bits per heavy atom. The average Bonchev–Trinajstić information content (AvgIpc) is 3.25. The summed E-state index contributed by atoms with van der Waals surface area (Å²) in [7, 11) is 2.97. The molecule has 0 saturated carbocycles. The second kappa shape index (κ2) is 9.87. The molecule has 0 fully saturated rings. The lowest BCUT2D eigenvalue weighted by Gasteiger charge is -2.25. The van der Waals surface area contributed by atoms with Crippen LogP contribution in [0.15, 0.2) is 43.0 Å². The van der Waals surface area contributed by atoms with Gasteiger partial charge < -0.3 is 19.7 Å². The first-order chi connectivity index (χ1) is 14.6. The van der Waals surface area contributed by atoms with Crippen LogP contribution in [0.3, 0.4) is 0 Å². The third-order valence-electron chi connectivity index (χ3n) is 4.97. The number of nitrogens with zero attached hydrogens (tertiary/aromatic N) is 3. The molecule has 1 aromatic carbocycles. The van der Waals surface area contributed by atoms with Gasteiger partial charge in [0.05, 0.1) is 31.5 Å². The molecule has 1 unspecified atom stereocenters. The smallest absolute Gasteiger partial charge is 0.258 e. The van der Waals surface area contributed by atoms with E-state index in [2.05, 4.69) is 28.3 Å². The van der Waals surface area contributed by atoms with Crippen molar-refractivity contribution in [3.63, 3.8) is 0 Å². The third kappa shape index (κ3) is 4.59. The van der Waals surface area contributed by atoms with Gasteiger partial charge in [0.1, 0.15) is 6.33 Å².